The second-order valence-electron chi connectivity index (χ2n) is 4.74. The lowest BCUT2D eigenvalue weighted by atomic mass is 10.0. The summed E-state index contributed by atoms with van der Waals surface area (Å²) in [5.41, 5.74) is 0.0530. The maximum absolute atomic E-state index is 13.8. The summed E-state index contributed by atoms with van der Waals surface area (Å²) in [6.07, 6.45) is 0.245. The number of halogens is 1. The summed E-state index contributed by atoms with van der Waals surface area (Å²) in [4.78, 5) is -0.500. The number of aliphatic hydroxyl groups excluding tert-OH is 1. The van der Waals surface area contributed by atoms with E-state index in [1.165, 1.54) is 6.07 Å². The van der Waals surface area contributed by atoms with Crippen LogP contribution in [-0.2, 0) is 10.0 Å². The Balaban J connectivity index is 3.08. The van der Waals surface area contributed by atoms with Crippen LogP contribution in [0, 0.1) is 23.1 Å². The van der Waals surface area contributed by atoms with Gasteiger partial charge < -0.3 is 5.11 Å². The van der Waals surface area contributed by atoms with Gasteiger partial charge in [0, 0.05) is 12.6 Å². The second-order valence-corrected chi connectivity index (χ2v) is 6.42. The van der Waals surface area contributed by atoms with E-state index in [-0.39, 0.29) is 24.5 Å². The Hall–Kier alpha value is -1.49. The van der Waals surface area contributed by atoms with E-state index in [1.54, 1.807) is 19.9 Å². The van der Waals surface area contributed by atoms with Gasteiger partial charge in [0.1, 0.15) is 10.7 Å². The number of nitrogens with zero attached hydrogens (tertiary/aromatic N) is 1. The summed E-state index contributed by atoms with van der Waals surface area (Å²) in [6, 6.07) is 4.44. The van der Waals surface area contributed by atoms with E-state index in [9.17, 15) is 12.8 Å². The zero-order chi connectivity index (χ0) is 15.3. The SMILES string of the molecule is CC(C)C(CCO)NS(=O)(=O)c1ccc(C#N)cc1F. The van der Waals surface area contributed by atoms with Crippen LogP contribution in [0.4, 0.5) is 4.39 Å². The molecule has 1 aromatic carbocycles. The molecule has 0 aliphatic carbocycles. The summed E-state index contributed by atoms with van der Waals surface area (Å²) in [5.74, 6) is -1.01. The Kier molecular flexibility index (Phi) is 5.62. The van der Waals surface area contributed by atoms with Crippen LogP contribution >= 0.6 is 0 Å². The smallest absolute Gasteiger partial charge is 0.243 e. The largest absolute Gasteiger partial charge is 0.396 e. The molecule has 0 fully saturated rings. The van der Waals surface area contributed by atoms with Crippen LogP contribution < -0.4 is 4.72 Å². The predicted molar refractivity (Wildman–Crippen MR) is 71.8 cm³/mol. The number of hydrogen-bond acceptors (Lipinski definition) is 4. The average Bonchev–Trinajstić information content (AvgIpc) is 2.37. The number of benzene rings is 1. The number of nitriles is 1. The zero-order valence-electron chi connectivity index (χ0n) is 11.3. The van der Waals surface area contributed by atoms with Crippen molar-refractivity contribution in [1.82, 2.24) is 4.72 Å². The van der Waals surface area contributed by atoms with Crippen molar-refractivity contribution in [3.8, 4) is 6.07 Å². The normalized spacial score (nSPS) is 13.2. The van der Waals surface area contributed by atoms with Crippen molar-refractivity contribution in [3.63, 3.8) is 0 Å². The van der Waals surface area contributed by atoms with Gasteiger partial charge in [-0.05, 0) is 30.5 Å². The quantitative estimate of drug-likeness (QED) is 0.830. The lowest BCUT2D eigenvalue weighted by Crippen LogP contribution is -2.39. The predicted octanol–water partition coefficient (Wildman–Crippen LogP) is 1.38. The van der Waals surface area contributed by atoms with Crippen LogP contribution in [-0.4, -0.2) is 26.2 Å². The zero-order valence-corrected chi connectivity index (χ0v) is 12.1. The summed E-state index contributed by atoms with van der Waals surface area (Å²) in [6.45, 7) is 3.44. The molecule has 0 aromatic heterocycles. The topological polar surface area (TPSA) is 90.2 Å². The van der Waals surface area contributed by atoms with E-state index in [2.05, 4.69) is 4.72 Å². The van der Waals surface area contributed by atoms with Crippen molar-refractivity contribution < 1.29 is 17.9 Å². The minimum absolute atomic E-state index is 0.0432. The fraction of sp³-hybridized carbons (Fsp3) is 0.462. The van der Waals surface area contributed by atoms with E-state index in [0.29, 0.717) is 0 Å². The number of aliphatic hydroxyl groups is 1. The first-order valence-electron chi connectivity index (χ1n) is 6.14. The first kappa shape index (κ1) is 16.6. The molecule has 7 heteroatoms. The molecule has 0 radical (unpaired) electrons. The third-order valence-electron chi connectivity index (χ3n) is 2.90. The number of sulfonamides is 1. The first-order valence-corrected chi connectivity index (χ1v) is 7.63. The molecule has 0 aliphatic heterocycles. The summed E-state index contributed by atoms with van der Waals surface area (Å²) in [5, 5.41) is 17.6. The van der Waals surface area contributed by atoms with Crippen molar-refractivity contribution in [2.45, 2.75) is 31.2 Å². The van der Waals surface area contributed by atoms with E-state index < -0.39 is 26.8 Å². The minimum atomic E-state index is -4.03. The molecule has 0 bridgehead atoms. The maximum atomic E-state index is 13.8. The molecule has 0 aliphatic rings. The summed E-state index contributed by atoms with van der Waals surface area (Å²) in [7, 11) is -4.03. The van der Waals surface area contributed by atoms with Crippen LogP contribution in [0.3, 0.4) is 0 Å². The molecule has 1 rings (SSSR count). The summed E-state index contributed by atoms with van der Waals surface area (Å²) < 4.78 is 40.4. The van der Waals surface area contributed by atoms with Crippen LogP contribution in [0.25, 0.3) is 0 Å². The van der Waals surface area contributed by atoms with Gasteiger partial charge in [0.25, 0.3) is 0 Å². The van der Waals surface area contributed by atoms with Crippen LogP contribution in [0.2, 0.25) is 0 Å². The van der Waals surface area contributed by atoms with E-state index in [1.807, 2.05) is 0 Å². The van der Waals surface area contributed by atoms with Crippen molar-refractivity contribution >= 4 is 10.0 Å². The van der Waals surface area contributed by atoms with E-state index >= 15 is 0 Å². The molecule has 1 atom stereocenters. The highest BCUT2D eigenvalue weighted by atomic mass is 32.2. The van der Waals surface area contributed by atoms with Gasteiger partial charge in [-0.25, -0.2) is 17.5 Å². The minimum Gasteiger partial charge on any atom is -0.396 e. The van der Waals surface area contributed by atoms with E-state index in [0.717, 1.165) is 12.1 Å². The lowest BCUT2D eigenvalue weighted by molar-refractivity contribution is 0.256. The van der Waals surface area contributed by atoms with Crippen molar-refractivity contribution in [1.29, 1.82) is 5.26 Å². The van der Waals surface area contributed by atoms with Gasteiger partial charge in [0.05, 0.1) is 11.6 Å². The molecule has 2 N–H and O–H groups in total. The highest BCUT2D eigenvalue weighted by Crippen LogP contribution is 2.18. The Morgan fingerprint density at radius 1 is 1.45 bits per heavy atom. The fourth-order valence-electron chi connectivity index (χ4n) is 1.72. The third-order valence-corrected chi connectivity index (χ3v) is 4.43. The van der Waals surface area contributed by atoms with Crippen LogP contribution in [0.1, 0.15) is 25.8 Å². The van der Waals surface area contributed by atoms with Gasteiger partial charge in [0.15, 0.2) is 0 Å². The monoisotopic (exact) mass is 300 g/mol. The molecule has 20 heavy (non-hydrogen) atoms. The molecule has 0 spiro atoms. The average molecular weight is 300 g/mol. The van der Waals surface area contributed by atoms with Gasteiger partial charge in [0.2, 0.25) is 10.0 Å². The molecule has 1 unspecified atom stereocenters. The lowest BCUT2D eigenvalue weighted by Gasteiger charge is -2.21. The second kappa shape index (κ2) is 6.79. The summed E-state index contributed by atoms with van der Waals surface area (Å²) >= 11 is 0. The molecular formula is C13H17FN2O3S. The van der Waals surface area contributed by atoms with Crippen molar-refractivity contribution in [2.75, 3.05) is 6.61 Å². The first-order chi connectivity index (χ1) is 9.31. The Morgan fingerprint density at radius 3 is 2.55 bits per heavy atom. The number of rotatable bonds is 6. The molecule has 0 heterocycles. The molecule has 0 saturated heterocycles. The standard InChI is InChI=1S/C13H17FN2O3S/c1-9(2)12(5-6-17)16-20(18,19)13-4-3-10(8-15)7-11(13)14/h3-4,7,9,12,16-17H,5-6H2,1-2H3. The Bertz CT molecular complexity index is 609. The van der Waals surface area contributed by atoms with Crippen LogP contribution in [0.5, 0.6) is 0 Å². The maximum Gasteiger partial charge on any atom is 0.243 e. The highest BCUT2D eigenvalue weighted by molar-refractivity contribution is 7.89. The molecule has 1 aromatic rings. The van der Waals surface area contributed by atoms with Gasteiger partial charge in [-0.1, -0.05) is 13.8 Å². The molecule has 0 amide bonds. The van der Waals surface area contributed by atoms with Gasteiger partial charge >= 0.3 is 0 Å². The number of hydrogen-bond donors (Lipinski definition) is 2. The van der Waals surface area contributed by atoms with Gasteiger partial charge in [-0.3, -0.25) is 0 Å². The van der Waals surface area contributed by atoms with E-state index in [4.69, 9.17) is 10.4 Å². The Morgan fingerprint density at radius 2 is 2.10 bits per heavy atom. The van der Waals surface area contributed by atoms with Crippen molar-refractivity contribution in [2.24, 2.45) is 5.92 Å². The molecule has 0 saturated carbocycles. The van der Waals surface area contributed by atoms with Crippen LogP contribution in [0.15, 0.2) is 23.1 Å². The molecular weight excluding hydrogens is 283 g/mol. The van der Waals surface area contributed by atoms with Crippen molar-refractivity contribution in [3.05, 3.63) is 29.6 Å². The van der Waals surface area contributed by atoms with Gasteiger partial charge in [-0.2, -0.15) is 5.26 Å². The highest BCUT2D eigenvalue weighted by Gasteiger charge is 2.24. The molecule has 110 valence electrons. The fourth-order valence-corrected chi connectivity index (χ4v) is 3.20. The third kappa shape index (κ3) is 4.00. The van der Waals surface area contributed by atoms with Gasteiger partial charge in [-0.15, -0.1) is 0 Å². The molecule has 5 nitrogen and oxygen atoms in total. The number of nitrogens with one attached hydrogen (secondary N) is 1. The Labute approximate surface area is 118 Å².